The smallest absolute Gasteiger partial charge is 0.119 e. The molecule has 0 bridgehead atoms. The Bertz CT molecular complexity index is 407. The first-order chi connectivity index (χ1) is 9.00. The number of benzene rings is 1. The number of nitrogens with zero attached hydrogens (tertiary/aromatic N) is 1. The van der Waals surface area contributed by atoms with Crippen LogP contribution in [0, 0.1) is 5.41 Å². The molecule has 4 heteroatoms. The fraction of sp³-hybridized carbons (Fsp3) is 0.625. The molecular weight excluding hydrogens is 272 g/mol. The van der Waals surface area contributed by atoms with Crippen molar-refractivity contribution in [1.29, 1.82) is 0 Å². The second kappa shape index (κ2) is 7.30. The summed E-state index contributed by atoms with van der Waals surface area (Å²) in [5, 5.41) is 0. The van der Waals surface area contributed by atoms with E-state index in [4.69, 9.17) is 10.5 Å². The monoisotopic (exact) mass is 298 g/mol. The van der Waals surface area contributed by atoms with Gasteiger partial charge >= 0.3 is 0 Å². The van der Waals surface area contributed by atoms with Crippen LogP contribution in [0.25, 0.3) is 0 Å². The molecule has 1 aromatic rings. The summed E-state index contributed by atoms with van der Waals surface area (Å²) < 4.78 is 5.66. The number of halogens is 1. The fourth-order valence-corrected chi connectivity index (χ4v) is 2.63. The maximum Gasteiger partial charge on any atom is 0.119 e. The minimum absolute atomic E-state index is 0. The molecule has 1 unspecified atom stereocenters. The second-order valence-corrected chi connectivity index (χ2v) is 6.29. The Labute approximate surface area is 128 Å². The zero-order valence-electron chi connectivity index (χ0n) is 12.8. The van der Waals surface area contributed by atoms with Crippen molar-refractivity contribution >= 4 is 12.4 Å². The van der Waals surface area contributed by atoms with Crippen molar-refractivity contribution in [2.75, 3.05) is 19.6 Å². The van der Waals surface area contributed by atoms with Crippen LogP contribution in [-0.2, 0) is 6.54 Å². The summed E-state index contributed by atoms with van der Waals surface area (Å²) in [6.07, 6.45) is 1.44. The highest BCUT2D eigenvalue weighted by atomic mass is 35.5. The number of likely N-dealkylation sites (tertiary alicyclic amines) is 1. The first-order valence-corrected chi connectivity index (χ1v) is 7.19. The molecule has 1 atom stereocenters. The normalized spacial score (nSPS) is 22.9. The van der Waals surface area contributed by atoms with Crippen molar-refractivity contribution in [2.45, 2.75) is 39.8 Å². The van der Waals surface area contributed by atoms with E-state index in [1.165, 1.54) is 12.0 Å². The van der Waals surface area contributed by atoms with Crippen LogP contribution in [0.2, 0.25) is 0 Å². The molecule has 0 radical (unpaired) electrons. The lowest BCUT2D eigenvalue weighted by Crippen LogP contribution is -2.31. The highest BCUT2D eigenvalue weighted by molar-refractivity contribution is 5.85. The van der Waals surface area contributed by atoms with Crippen molar-refractivity contribution in [1.82, 2.24) is 4.90 Å². The molecule has 0 aliphatic carbocycles. The van der Waals surface area contributed by atoms with E-state index in [2.05, 4.69) is 36.1 Å². The maximum absolute atomic E-state index is 5.85. The van der Waals surface area contributed by atoms with Gasteiger partial charge in [0.1, 0.15) is 5.75 Å². The molecule has 1 aliphatic rings. The summed E-state index contributed by atoms with van der Waals surface area (Å²) in [4.78, 5) is 2.49. The summed E-state index contributed by atoms with van der Waals surface area (Å²) in [6.45, 7) is 10.4. The minimum Gasteiger partial charge on any atom is -0.491 e. The molecule has 20 heavy (non-hydrogen) atoms. The van der Waals surface area contributed by atoms with Gasteiger partial charge in [0.2, 0.25) is 0 Å². The van der Waals surface area contributed by atoms with E-state index in [1.807, 2.05) is 13.8 Å². The lowest BCUT2D eigenvalue weighted by molar-refractivity contribution is 0.242. The Balaban J connectivity index is 0.00000200. The molecule has 1 heterocycles. The van der Waals surface area contributed by atoms with Crippen molar-refractivity contribution in [3.8, 4) is 5.75 Å². The molecule has 1 fully saturated rings. The number of rotatable bonds is 5. The van der Waals surface area contributed by atoms with Crippen molar-refractivity contribution < 1.29 is 4.74 Å². The van der Waals surface area contributed by atoms with Gasteiger partial charge in [0.05, 0.1) is 6.10 Å². The molecule has 3 nitrogen and oxygen atoms in total. The Morgan fingerprint density at radius 2 is 1.95 bits per heavy atom. The first-order valence-electron chi connectivity index (χ1n) is 7.19. The Morgan fingerprint density at radius 3 is 2.45 bits per heavy atom. The molecule has 1 aromatic carbocycles. The molecule has 0 spiro atoms. The van der Waals surface area contributed by atoms with Gasteiger partial charge in [0.15, 0.2) is 0 Å². The number of hydrogen-bond donors (Lipinski definition) is 1. The summed E-state index contributed by atoms with van der Waals surface area (Å²) in [5.41, 5.74) is 7.50. The number of nitrogens with two attached hydrogens (primary N) is 1. The Morgan fingerprint density at radius 1 is 1.30 bits per heavy atom. The highest BCUT2D eigenvalue weighted by Gasteiger charge is 2.32. The largest absolute Gasteiger partial charge is 0.491 e. The molecule has 0 saturated carbocycles. The van der Waals surface area contributed by atoms with E-state index in [-0.39, 0.29) is 18.5 Å². The van der Waals surface area contributed by atoms with Crippen molar-refractivity contribution in [3.63, 3.8) is 0 Å². The van der Waals surface area contributed by atoms with Gasteiger partial charge in [-0.2, -0.15) is 0 Å². The molecule has 2 rings (SSSR count). The van der Waals surface area contributed by atoms with Crippen LogP contribution in [0.3, 0.4) is 0 Å². The lowest BCUT2D eigenvalue weighted by Gasteiger charge is -2.22. The molecule has 0 amide bonds. The molecule has 114 valence electrons. The van der Waals surface area contributed by atoms with Gasteiger partial charge in [-0.15, -0.1) is 12.4 Å². The van der Waals surface area contributed by atoms with Crippen molar-refractivity contribution in [3.05, 3.63) is 29.8 Å². The Hall–Kier alpha value is -0.770. The summed E-state index contributed by atoms with van der Waals surface area (Å²) in [7, 11) is 0. The molecular formula is C16H27ClN2O. The average molecular weight is 299 g/mol. The molecule has 0 aromatic heterocycles. The standard InChI is InChI=1S/C16H26N2O.ClH/c1-13(2)19-15-6-4-14(5-7-15)10-18-9-8-16(3,11-17)12-18;/h4-7,13H,8-12,17H2,1-3H3;1H. The van der Waals surface area contributed by atoms with E-state index in [1.54, 1.807) is 0 Å². The molecule has 1 saturated heterocycles. The summed E-state index contributed by atoms with van der Waals surface area (Å²) in [6, 6.07) is 8.45. The predicted molar refractivity (Wildman–Crippen MR) is 86.5 cm³/mol. The third-order valence-electron chi connectivity index (χ3n) is 3.83. The van der Waals surface area contributed by atoms with Crippen LogP contribution in [0.4, 0.5) is 0 Å². The molecule has 1 aliphatic heterocycles. The maximum atomic E-state index is 5.85. The third-order valence-corrected chi connectivity index (χ3v) is 3.83. The summed E-state index contributed by atoms with van der Waals surface area (Å²) >= 11 is 0. The Kier molecular flexibility index (Phi) is 6.31. The number of ether oxygens (including phenoxy) is 1. The second-order valence-electron chi connectivity index (χ2n) is 6.29. The minimum atomic E-state index is 0. The van der Waals surface area contributed by atoms with Crippen LogP contribution < -0.4 is 10.5 Å². The van der Waals surface area contributed by atoms with E-state index in [0.717, 1.165) is 31.9 Å². The van der Waals surface area contributed by atoms with Crippen LogP contribution in [0.5, 0.6) is 5.75 Å². The van der Waals surface area contributed by atoms with Gasteiger partial charge in [-0.3, -0.25) is 4.90 Å². The lowest BCUT2D eigenvalue weighted by atomic mass is 9.90. The van der Waals surface area contributed by atoms with Crippen LogP contribution in [-0.4, -0.2) is 30.6 Å². The van der Waals surface area contributed by atoms with E-state index in [9.17, 15) is 0 Å². The quantitative estimate of drug-likeness (QED) is 0.908. The van der Waals surface area contributed by atoms with E-state index in [0.29, 0.717) is 5.41 Å². The van der Waals surface area contributed by atoms with Gasteiger partial charge in [0.25, 0.3) is 0 Å². The predicted octanol–water partition coefficient (Wildman–Crippen LogP) is 3.07. The molecule has 2 N–H and O–H groups in total. The van der Waals surface area contributed by atoms with Gasteiger partial charge in [-0.05, 0) is 56.5 Å². The zero-order valence-corrected chi connectivity index (χ0v) is 13.6. The van der Waals surface area contributed by atoms with Gasteiger partial charge < -0.3 is 10.5 Å². The van der Waals surface area contributed by atoms with Crippen molar-refractivity contribution in [2.24, 2.45) is 11.1 Å². The van der Waals surface area contributed by atoms with E-state index >= 15 is 0 Å². The van der Waals surface area contributed by atoms with Gasteiger partial charge in [0, 0.05) is 13.1 Å². The highest BCUT2D eigenvalue weighted by Crippen LogP contribution is 2.29. The van der Waals surface area contributed by atoms with E-state index < -0.39 is 0 Å². The topological polar surface area (TPSA) is 38.5 Å². The van der Waals surface area contributed by atoms with Gasteiger partial charge in [-0.1, -0.05) is 19.1 Å². The SMILES string of the molecule is CC(C)Oc1ccc(CN2CCC(C)(CN)C2)cc1.Cl. The van der Waals surface area contributed by atoms with Crippen LogP contribution in [0.1, 0.15) is 32.8 Å². The van der Waals surface area contributed by atoms with Crippen LogP contribution in [0.15, 0.2) is 24.3 Å². The van der Waals surface area contributed by atoms with Crippen LogP contribution >= 0.6 is 12.4 Å². The van der Waals surface area contributed by atoms with Gasteiger partial charge in [-0.25, -0.2) is 0 Å². The number of hydrogen-bond acceptors (Lipinski definition) is 3. The average Bonchev–Trinajstić information content (AvgIpc) is 2.74. The zero-order chi connectivity index (χ0) is 13.9. The fourth-order valence-electron chi connectivity index (χ4n) is 2.63. The summed E-state index contributed by atoms with van der Waals surface area (Å²) in [5.74, 6) is 0.951. The first kappa shape index (κ1) is 17.3. The third kappa shape index (κ3) is 4.65.